The smallest absolute Gasteiger partial charge is 0.121 e. The molecule has 1 aromatic carbocycles. The Kier molecular flexibility index (Phi) is 4.24. The van der Waals surface area contributed by atoms with Gasteiger partial charge in [-0.1, -0.05) is 12.1 Å². The van der Waals surface area contributed by atoms with Gasteiger partial charge in [0.2, 0.25) is 0 Å². The van der Waals surface area contributed by atoms with Crippen molar-refractivity contribution in [2.24, 2.45) is 0 Å². The SMILES string of the molecule is Cc1n[nH]c(C)c1CCCN(C)Cc1nc2ccccc2[nH]1. The molecule has 5 heteroatoms. The second-order valence-electron chi connectivity index (χ2n) is 5.95. The molecular weight excluding hydrogens is 274 g/mol. The molecule has 0 amide bonds. The van der Waals surface area contributed by atoms with Gasteiger partial charge in [0.05, 0.1) is 23.3 Å². The summed E-state index contributed by atoms with van der Waals surface area (Å²) in [4.78, 5) is 10.3. The van der Waals surface area contributed by atoms with E-state index in [-0.39, 0.29) is 0 Å². The van der Waals surface area contributed by atoms with Gasteiger partial charge in [-0.3, -0.25) is 10.00 Å². The first-order chi connectivity index (χ1) is 10.6. The Morgan fingerprint density at radius 2 is 2.00 bits per heavy atom. The van der Waals surface area contributed by atoms with Crippen LogP contribution in [0.5, 0.6) is 0 Å². The van der Waals surface area contributed by atoms with Gasteiger partial charge < -0.3 is 4.98 Å². The Hall–Kier alpha value is -2.14. The van der Waals surface area contributed by atoms with Gasteiger partial charge in [0.1, 0.15) is 5.82 Å². The minimum atomic E-state index is 0.845. The van der Waals surface area contributed by atoms with E-state index in [4.69, 9.17) is 0 Å². The number of aryl methyl sites for hydroxylation is 2. The molecule has 0 unspecified atom stereocenters. The molecular formula is C17H23N5. The molecule has 0 radical (unpaired) electrons. The summed E-state index contributed by atoms with van der Waals surface area (Å²) in [6, 6.07) is 8.16. The van der Waals surface area contributed by atoms with Crippen LogP contribution in [0.1, 0.15) is 29.2 Å². The number of aromatic amines is 2. The van der Waals surface area contributed by atoms with Crippen molar-refractivity contribution < 1.29 is 0 Å². The largest absolute Gasteiger partial charge is 0.341 e. The molecule has 0 spiro atoms. The molecule has 2 aromatic heterocycles. The number of H-pyrrole nitrogens is 2. The van der Waals surface area contributed by atoms with Crippen LogP contribution in [0.25, 0.3) is 11.0 Å². The summed E-state index contributed by atoms with van der Waals surface area (Å²) >= 11 is 0. The van der Waals surface area contributed by atoms with E-state index in [1.54, 1.807) is 0 Å². The van der Waals surface area contributed by atoms with Crippen molar-refractivity contribution in [3.05, 3.63) is 47.0 Å². The average molecular weight is 297 g/mol. The molecule has 5 nitrogen and oxygen atoms in total. The number of imidazole rings is 1. The predicted octanol–water partition coefficient (Wildman–Crippen LogP) is 2.97. The van der Waals surface area contributed by atoms with Crippen LogP contribution in [0.4, 0.5) is 0 Å². The number of benzene rings is 1. The minimum absolute atomic E-state index is 0.845. The molecule has 2 heterocycles. The Bertz CT molecular complexity index is 703. The lowest BCUT2D eigenvalue weighted by molar-refractivity contribution is 0.315. The van der Waals surface area contributed by atoms with E-state index in [0.29, 0.717) is 0 Å². The fourth-order valence-corrected chi connectivity index (χ4v) is 2.88. The van der Waals surface area contributed by atoms with Crippen LogP contribution in [-0.4, -0.2) is 38.7 Å². The number of rotatable bonds is 6. The molecule has 0 atom stereocenters. The number of hydrogen-bond donors (Lipinski definition) is 2. The molecule has 0 bridgehead atoms. The van der Waals surface area contributed by atoms with Gasteiger partial charge in [0, 0.05) is 5.69 Å². The molecule has 0 aliphatic carbocycles. The highest BCUT2D eigenvalue weighted by atomic mass is 15.1. The summed E-state index contributed by atoms with van der Waals surface area (Å²) in [5.41, 5.74) is 5.82. The standard InChI is InChI=1S/C17H23N5/c1-12-14(13(2)21-20-12)7-6-10-22(3)11-17-18-15-8-4-5-9-16(15)19-17/h4-5,8-9H,6-7,10-11H2,1-3H3,(H,18,19)(H,20,21). The molecule has 116 valence electrons. The maximum Gasteiger partial charge on any atom is 0.121 e. The molecule has 0 aliphatic rings. The fraction of sp³-hybridized carbons (Fsp3) is 0.412. The normalized spacial score (nSPS) is 11.6. The molecule has 2 N–H and O–H groups in total. The lowest BCUT2D eigenvalue weighted by Crippen LogP contribution is -2.20. The van der Waals surface area contributed by atoms with Crippen LogP contribution in [0.2, 0.25) is 0 Å². The van der Waals surface area contributed by atoms with Gasteiger partial charge in [-0.25, -0.2) is 4.98 Å². The zero-order valence-electron chi connectivity index (χ0n) is 13.5. The van der Waals surface area contributed by atoms with Gasteiger partial charge in [0.25, 0.3) is 0 Å². The first-order valence-electron chi connectivity index (χ1n) is 7.76. The quantitative estimate of drug-likeness (QED) is 0.735. The molecule has 0 saturated heterocycles. The minimum Gasteiger partial charge on any atom is -0.341 e. The summed E-state index contributed by atoms with van der Waals surface area (Å²) in [7, 11) is 2.14. The number of nitrogens with zero attached hydrogens (tertiary/aromatic N) is 3. The van der Waals surface area contributed by atoms with E-state index in [0.717, 1.165) is 48.5 Å². The van der Waals surface area contributed by atoms with E-state index in [1.807, 2.05) is 18.2 Å². The van der Waals surface area contributed by atoms with Crippen molar-refractivity contribution in [1.82, 2.24) is 25.1 Å². The first-order valence-corrected chi connectivity index (χ1v) is 7.76. The van der Waals surface area contributed by atoms with E-state index in [9.17, 15) is 0 Å². The second kappa shape index (κ2) is 6.32. The van der Waals surface area contributed by atoms with Crippen molar-refractivity contribution in [1.29, 1.82) is 0 Å². The fourth-order valence-electron chi connectivity index (χ4n) is 2.88. The lowest BCUT2D eigenvalue weighted by atomic mass is 10.1. The molecule has 3 aromatic rings. The molecule has 0 aliphatic heterocycles. The zero-order chi connectivity index (χ0) is 15.5. The van der Waals surface area contributed by atoms with Crippen molar-refractivity contribution in [3.63, 3.8) is 0 Å². The van der Waals surface area contributed by atoms with E-state index < -0.39 is 0 Å². The van der Waals surface area contributed by atoms with Crippen LogP contribution in [-0.2, 0) is 13.0 Å². The van der Waals surface area contributed by atoms with E-state index >= 15 is 0 Å². The Labute approximate surface area is 130 Å². The maximum absolute atomic E-state index is 4.63. The number of hydrogen-bond acceptors (Lipinski definition) is 3. The summed E-state index contributed by atoms with van der Waals surface area (Å²) in [5.74, 6) is 1.03. The molecule has 0 saturated carbocycles. The lowest BCUT2D eigenvalue weighted by Gasteiger charge is -2.14. The van der Waals surface area contributed by atoms with Crippen molar-refractivity contribution in [3.8, 4) is 0 Å². The highest BCUT2D eigenvalue weighted by Crippen LogP contribution is 2.13. The summed E-state index contributed by atoms with van der Waals surface area (Å²) in [6.07, 6.45) is 2.19. The van der Waals surface area contributed by atoms with Gasteiger partial charge in [0.15, 0.2) is 0 Å². The van der Waals surface area contributed by atoms with Crippen molar-refractivity contribution in [2.75, 3.05) is 13.6 Å². The van der Waals surface area contributed by atoms with E-state index in [1.165, 1.54) is 11.3 Å². The predicted molar refractivity (Wildman–Crippen MR) is 88.8 cm³/mol. The Morgan fingerprint density at radius 1 is 1.18 bits per heavy atom. The first kappa shape index (κ1) is 14.8. The van der Waals surface area contributed by atoms with Gasteiger partial charge in [-0.05, 0) is 58.0 Å². The number of para-hydroxylation sites is 2. The van der Waals surface area contributed by atoms with Gasteiger partial charge >= 0.3 is 0 Å². The topological polar surface area (TPSA) is 60.6 Å². The monoisotopic (exact) mass is 297 g/mol. The molecule has 3 rings (SSSR count). The highest BCUT2D eigenvalue weighted by molar-refractivity contribution is 5.74. The van der Waals surface area contributed by atoms with Crippen LogP contribution in [0.3, 0.4) is 0 Å². The second-order valence-corrected chi connectivity index (χ2v) is 5.95. The Morgan fingerprint density at radius 3 is 2.73 bits per heavy atom. The van der Waals surface area contributed by atoms with Crippen molar-refractivity contribution >= 4 is 11.0 Å². The molecule has 0 fully saturated rings. The third kappa shape index (κ3) is 3.20. The maximum atomic E-state index is 4.63. The number of nitrogens with one attached hydrogen (secondary N) is 2. The van der Waals surface area contributed by atoms with Crippen LogP contribution in [0.15, 0.2) is 24.3 Å². The summed E-state index contributed by atoms with van der Waals surface area (Å²) < 4.78 is 0. The van der Waals surface area contributed by atoms with Crippen LogP contribution < -0.4 is 0 Å². The average Bonchev–Trinajstić information content (AvgIpc) is 3.03. The van der Waals surface area contributed by atoms with E-state index in [2.05, 4.69) is 52.0 Å². The third-order valence-corrected chi connectivity index (χ3v) is 4.11. The van der Waals surface area contributed by atoms with Crippen LogP contribution >= 0.6 is 0 Å². The third-order valence-electron chi connectivity index (χ3n) is 4.11. The van der Waals surface area contributed by atoms with Crippen molar-refractivity contribution in [2.45, 2.75) is 33.2 Å². The van der Waals surface area contributed by atoms with Gasteiger partial charge in [-0.2, -0.15) is 5.10 Å². The number of fused-ring (bicyclic) bond motifs is 1. The van der Waals surface area contributed by atoms with Gasteiger partial charge in [-0.15, -0.1) is 0 Å². The van der Waals surface area contributed by atoms with Crippen LogP contribution in [0, 0.1) is 13.8 Å². The summed E-state index contributed by atoms with van der Waals surface area (Å²) in [5, 5.41) is 7.30. The molecule has 22 heavy (non-hydrogen) atoms. The Balaban J connectivity index is 1.53. The zero-order valence-corrected chi connectivity index (χ0v) is 13.5. The highest BCUT2D eigenvalue weighted by Gasteiger charge is 2.08. The summed E-state index contributed by atoms with van der Waals surface area (Å²) in [6.45, 7) is 6.05. The number of aromatic nitrogens is 4.